The van der Waals surface area contributed by atoms with E-state index in [9.17, 15) is 0 Å². The number of hydrogen-bond donors (Lipinski definition) is 0. The van der Waals surface area contributed by atoms with E-state index in [2.05, 4.69) is 164 Å². The second-order valence-electron chi connectivity index (χ2n) is 14.5. The Morgan fingerprint density at radius 3 is 2.02 bits per heavy atom. The monoisotopic (exact) mass is 962 g/mol. The van der Waals surface area contributed by atoms with Crippen molar-refractivity contribution in [1.29, 1.82) is 0 Å². The molecule has 8 aromatic rings. The Morgan fingerprint density at radius 2 is 1.39 bits per heavy atom. The number of thiophene rings is 1. The number of aromatic nitrogens is 2. The van der Waals surface area contributed by atoms with Crippen molar-refractivity contribution in [2.24, 2.45) is 0 Å². The van der Waals surface area contributed by atoms with Gasteiger partial charge in [0, 0.05) is 32.4 Å². The number of rotatable bonds is 8. The molecule has 3 aromatic heterocycles. The van der Waals surface area contributed by atoms with E-state index in [1.54, 1.807) is 11.3 Å². The number of fused-ring (bicyclic) bond motifs is 3. The molecule has 3 heterocycles. The van der Waals surface area contributed by atoms with Crippen molar-refractivity contribution in [3.8, 4) is 44.8 Å². The van der Waals surface area contributed by atoms with Gasteiger partial charge < -0.3 is 4.98 Å². The fourth-order valence-corrected chi connectivity index (χ4v) is 11.9. The van der Waals surface area contributed by atoms with Gasteiger partial charge >= 0.3 is 142 Å². The molecule has 0 fully saturated rings. The molecule has 273 valence electrons. The molecular formula is C49H46GeIrN2S-2. The van der Waals surface area contributed by atoms with Gasteiger partial charge in [0.25, 0.3) is 0 Å². The van der Waals surface area contributed by atoms with Crippen LogP contribution in [0.3, 0.4) is 0 Å². The van der Waals surface area contributed by atoms with Crippen molar-refractivity contribution in [3.05, 3.63) is 163 Å². The molecule has 0 aliphatic rings. The molecule has 0 spiro atoms. The molecule has 2 nitrogen and oxygen atoms in total. The smallest absolute Gasteiger partial charge is 0.0352 e. The molecule has 0 aliphatic carbocycles. The van der Waals surface area contributed by atoms with E-state index in [1.807, 2.05) is 30.5 Å². The molecule has 0 amide bonds. The van der Waals surface area contributed by atoms with Gasteiger partial charge in [-0.2, -0.15) is 11.3 Å². The Morgan fingerprint density at radius 1 is 0.704 bits per heavy atom. The van der Waals surface area contributed by atoms with Gasteiger partial charge in [-0.05, 0) is 57.8 Å². The van der Waals surface area contributed by atoms with Gasteiger partial charge in [-0.1, -0.05) is 73.3 Å². The van der Waals surface area contributed by atoms with Gasteiger partial charge in [0.1, 0.15) is 0 Å². The number of aryl methyl sites for hydroxylation is 1. The molecule has 1 radical (unpaired) electrons. The van der Waals surface area contributed by atoms with E-state index in [-0.39, 0.29) is 20.1 Å². The summed E-state index contributed by atoms with van der Waals surface area (Å²) >= 11 is -0.0360. The Labute approximate surface area is 342 Å². The molecule has 0 aliphatic heterocycles. The second kappa shape index (κ2) is 17.5. The molecule has 0 atom stereocenters. The van der Waals surface area contributed by atoms with E-state index >= 15 is 0 Å². The van der Waals surface area contributed by atoms with Gasteiger partial charge in [-0.25, -0.2) is 0 Å². The van der Waals surface area contributed by atoms with Gasteiger partial charge in [0.15, 0.2) is 0 Å². The minimum Gasteiger partial charge on any atom is -0.305 e. The fraction of sp³-hybridized carbons (Fsp3) is 0.184. The average molecular weight is 961 g/mol. The first-order chi connectivity index (χ1) is 26.1. The van der Waals surface area contributed by atoms with Crippen LogP contribution < -0.4 is 4.40 Å². The number of hydrogen-bond acceptors (Lipinski definition) is 3. The van der Waals surface area contributed by atoms with Crippen LogP contribution in [-0.2, 0) is 20.1 Å². The number of nitrogens with zero attached hydrogens (tertiary/aromatic N) is 2. The van der Waals surface area contributed by atoms with E-state index in [0.717, 1.165) is 40.9 Å². The third-order valence-electron chi connectivity index (χ3n) is 9.93. The van der Waals surface area contributed by atoms with Crippen LogP contribution in [-0.4, -0.2) is 23.2 Å². The Hall–Kier alpha value is -4.19. The number of benzene rings is 5. The normalized spacial score (nSPS) is 11.8. The summed E-state index contributed by atoms with van der Waals surface area (Å²) in [6.07, 6.45) is 5.49. The van der Waals surface area contributed by atoms with Crippen LogP contribution in [0.5, 0.6) is 0 Å². The summed E-state index contributed by atoms with van der Waals surface area (Å²) in [7, 11) is 0. The first kappa shape index (κ1) is 38.1. The second-order valence-corrected chi connectivity index (χ2v) is 26.1. The van der Waals surface area contributed by atoms with Gasteiger partial charge in [-0.3, -0.25) is 0 Å². The van der Waals surface area contributed by atoms with Gasteiger partial charge in [-0.15, -0.1) is 23.8 Å². The molecule has 5 heteroatoms. The summed E-state index contributed by atoms with van der Waals surface area (Å²) in [5, 5.41) is 2.51. The van der Waals surface area contributed by atoms with Crippen LogP contribution in [0.1, 0.15) is 45.1 Å². The zero-order valence-corrected chi connectivity index (χ0v) is 37.1. The minimum absolute atomic E-state index is 0. The van der Waals surface area contributed by atoms with E-state index in [1.165, 1.54) is 52.4 Å². The third-order valence-corrected chi connectivity index (χ3v) is 15.6. The summed E-state index contributed by atoms with van der Waals surface area (Å²) in [6, 6.07) is 51.2. The van der Waals surface area contributed by atoms with Crippen LogP contribution >= 0.6 is 11.3 Å². The molecule has 5 aromatic carbocycles. The van der Waals surface area contributed by atoms with Crippen molar-refractivity contribution in [1.82, 2.24) is 9.97 Å². The maximum atomic E-state index is 8.84. The van der Waals surface area contributed by atoms with E-state index in [4.69, 9.17) is 6.35 Å². The van der Waals surface area contributed by atoms with Crippen LogP contribution in [0.4, 0.5) is 0 Å². The Kier molecular flexibility index (Phi) is 12.4. The van der Waals surface area contributed by atoms with E-state index < -0.39 is 19.2 Å². The summed E-state index contributed by atoms with van der Waals surface area (Å²) in [5.74, 6) is 6.65. The molecule has 0 N–H and O–H groups in total. The predicted molar refractivity (Wildman–Crippen MR) is 232 cm³/mol. The number of pyridine rings is 2. The zero-order valence-electron chi connectivity index (χ0n) is 32.8. The molecule has 0 saturated heterocycles. The maximum Gasteiger partial charge on any atom is 0.0352 e. The quantitative estimate of drug-likeness (QED) is 0.112. The summed E-state index contributed by atoms with van der Waals surface area (Å²) in [6.45, 7) is 6.37. The first-order valence-corrected chi connectivity index (χ1v) is 26.7. The molecule has 8 rings (SSSR count). The average Bonchev–Trinajstić information content (AvgIpc) is 3.59. The minimum atomic E-state index is -1.83. The molecule has 0 saturated carbocycles. The summed E-state index contributed by atoms with van der Waals surface area (Å²) in [4.78, 5) is 9.36. The van der Waals surface area contributed by atoms with Crippen molar-refractivity contribution in [2.75, 3.05) is 0 Å². The van der Waals surface area contributed by atoms with Crippen molar-refractivity contribution >= 4 is 49.2 Å². The zero-order chi connectivity index (χ0) is 37.9. The third kappa shape index (κ3) is 8.69. The first-order valence-electron chi connectivity index (χ1n) is 19.0. The molecular weight excluding hydrogens is 913 g/mol. The van der Waals surface area contributed by atoms with Gasteiger partial charge in [0.05, 0.1) is 0 Å². The fourth-order valence-electron chi connectivity index (χ4n) is 7.07. The van der Waals surface area contributed by atoms with E-state index in [0.29, 0.717) is 0 Å². The summed E-state index contributed by atoms with van der Waals surface area (Å²) in [5.41, 5.74) is 11.3. The molecule has 0 unspecified atom stereocenters. The Bertz CT molecular complexity index is 2520. The molecule has 54 heavy (non-hydrogen) atoms. The molecule has 0 bridgehead atoms. The predicted octanol–water partition coefficient (Wildman–Crippen LogP) is 13.6. The standard InChI is InChI=1S/C28H24NS.C21H22GeN.Ir/c1-3-19(4-2)22-15-16-29-26(17-22)25-12-8-11-24-23-14-13-21(18-27(23)30-28(24)25)20-9-6-5-7-10-20;1-16-14-21(23-15-20(16)22(2,3)4)19-12-10-18(11-13-19)17-8-6-5-7-9-17;/h5-11,13-19H,3-4H2,1-2H3;5-12,14-15H,1-4H3;/q2*-1;/i19D;;. The van der Waals surface area contributed by atoms with Crippen LogP contribution in [0.15, 0.2) is 140 Å². The Balaban J connectivity index is 0.000000192. The van der Waals surface area contributed by atoms with Gasteiger partial charge in [0.2, 0.25) is 0 Å². The topological polar surface area (TPSA) is 25.8 Å². The van der Waals surface area contributed by atoms with Crippen molar-refractivity contribution < 1.29 is 21.5 Å². The maximum absolute atomic E-state index is 8.84. The van der Waals surface area contributed by atoms with Crippen LogP contribution in [0, 0.1) is 19.1 Å². The van der Waals surface area contributed by atoms with Crippen molar-refractivity contribution in [2.45, 2.75) is 56.8 Å². The van der Waals surface area contributed by atoms with Crippen LogP contribution in [0.2, 0.25) is 17.3 Å². The SMILES string of the molecule is Cc1cc(-c2[c-]cc(-c3ccccc3)cc2)nc[c]1[Ge]([CH3])([CH3])[CH3].[2H]C(CC)(CC)c1ccnc(-c2[c-]ccc3c2sc2cc(-c4ccccc4)ccc23)c1.[Ir]. The largest absolute Gasteiger partial charge is 0.305 e. The van der Waals surface area contributed by atoms with Crippen molar-refractivity contribution in [3.63, 3.8) is 0 Å². The summed E-state index contributed by atoms with van der Waals surface area (Å²) < 4.78 is 12.8. The van der Waals surface area contributed by atoms with Crippen LogP contribution in [0.25, 0.3) is 64.9 Å².